The second-order valence-corrected chi connectivity index (χ2v) is 5.41. The van der Waals surface area contributed by atoms with Crippen LogP contribution in [0.4, 0.5) is 0 Å². The monoisotopic (exact) mass is 274 g/mol. The van der Waals surface area contributed by atoms with E-state index in [1.165, 1.54) is 0 Å². The van der Waals surface area contributed by atoms with Crippen molar-refractivity contribution in [1.82, 2.24) is 9.78 Å². The molecule has 2 rings (SSSR count). The van der Waals surface area contributed by atoms with Crippen LogP contribution >= 0.6 is 0 Å². The molecule has 4 nitrogen and oxygen atoms in total. The van der Waals surface area contributed by atoms with E-state index in [9.17, 15) is 10.2 Å². The Balaban J connectivity index is 2.23. The normalized spacial score (nSPS) is 11.8. The van der Waals surface area contributed by atoms with Gasteiger partial charge in [-0.05, 0) is 31.4 Å². The summed E-state index contributed by atoms with van der Waals surface area (Å²) in [5.41, 5.74) is 2.62. The number of aryl methyl sites for hydroxylation is 3. The molecule has 1 heterocycles. The molecule has 0 saturated heterocycles. The predicted octanol–water partition coefficient (Wildman–Crippen LogP) is 1.58. The average Bonchev–Trinajstić information content (AvgIpc) is 2.86. The number of aliphatic hydroxyl groups is 2. The zero-order chi connectivity index (χ0) is 14.6. The maximum absolute atomic E-state index is 9.84. The second kappa shape index (κ2) is 6.20. The summed E-state index contributed by atoms with van der Waals surface area (Å²) in [5, 5.41) is 23.8. The van der Waals surface area contributed by atoms with Gasteiger partial charge < -0.3 is 10.2 Å². The molecule has 0 bridgehead atoms. The summed E-state index contributed by atoms with van der Waals surface area (Å²) in [4.78, 5) is 0. The lowest BCUT2D eigenvalue weighted by molar-refractivity contribution is 0.109. The Morgan fingerprint density at radius 1 is 1.20 bits per heavy atom. The van der Waals surface area contributed by atoms with E-state index in [0.717, 1.165) is 23.2 Å². The molecular formula is C16H22N2O2. The van der Waals surface area contributed by atoms with E-state index in [4.69, 9.17) is 0 Å². The summed E-state index contributed by atoms with van der Waals surface area (Å²) in [7, 11) is 1.90. The molecular weight excluding hydrogens is 252 g/mol. The van der Waals surface area contributed by atoms with Crippen molar-refractivity contribution in [2.75, 3.05) is 13.2 Å². The topological polar surface area (TPSA) is 58.3 Å². The highest BCUT2D eigenvalue weighted by atomic mass is 16.3. The van der Waals surface area contributed by atoms with Crippen molar-refractivity contribution in [1.29, 1.82) is 0 Å². The highest BCUT2D eigenvalue weighted by molar-refractivity contribution is 5.30. The Labute approximate surface area is 119 Å². The first-order valence-corrected chi connectivity index (χ1v) is 6.87. The molecule has 0 aliphatic heterocycles. The van der Waals surface area contributed by atoms with Crippen LogP contribution in [-0.4, -0.2) is 33.2 Å². The fourth-order valence-electron chi connectivity index (χ4n) is 2.52. The number of nitrogens with zero attached hydrogens (tertiary/aromatic N) is 2. The van der Waals surface area contributed by atoms with Crippen molar-refractivity contribution in [3.05, 3.63) is 53.3 Å². The maximum Gasteiger partial charge on any atom is 0.0550 e. The first kappa shape index (κ1) is 14.8. The van der Waals surface area contributed by atoms with E-state index in [1.807, 2.05) is 49.0 Å². The molecule has 2 aromatic rings. The average molecular weight is 274 g/mol. The van der Waals surface area contributed by atoms with Gasteiger partial charge in [-0.25, -0.2) is 0 Å². The van der Waals surface area contributed by atoms with Crippen LogP contribution in [-0.2, 0) is 18.9 Å². The Bertz CT molecular complexity index is 559. The van der Waals surface area contributed by atoms with Gasteiger partial charge in [-0.15, -0.1) is 0 Å². The molecule has 0 aliphatic rings. The van der Waals surface area contributed by atoms with Crippen LogP contribution < -0.4 is 0 Å². The van der Waals surface area contributed by atoms with Gasteiger partial charge in [-0.3, -0.25) is 4.68 Å². The van der Waals surface area contributed by atoms with Crippen molar-refractivity contribution in [3.63, 3.8) is 0 Å². The first-order chi connectivity index (χ1) is 9.61. The van der Waals surface area contributed by atoms with Crippen molar-refractivity contribution in [2.24, 2.45) is 7.05 Å². The van der Waals surface area contributed by atoms with E-state index < -0.39 is 5.41 Å². The van der Waals surface area contributed by atoms with Crippen LogP contribution in [0, 0.1) is 6.92 Å². The van der Waals surface area contributed by atoms with Gasteiger partial charge in [-0.2, -0.15) is 5.10 Å². The zero-order valence-corrected chi connectivity index (χ0v) is 12.1. The van der Waals surface area contributed by atoms with Crippen LogP contribution in [0.25, 0.3) is 0 Å². The third kappa shape index (κ3) is 2.92. The van der Waals surface area contributed by atoms with Gasteiger partial charge in [0.25, 0.3) is 0 Å². The van der Waals surface area contributed by atoms with E-state index in [0.29, 0.717) is 6.42 Å². The SMILES string of the molecule is Cc1cccc(C(CO)(CO)CCc2ccnn2C)c1. The standard InChI is InChI=1S/C16H22N2O2/c1-13-4-3-5-14(10-13)16(11-19,12-20)8-6-15-7-9-17-18(15)2/h3-5,7,9-10,19-20H,6,8,11-12H2,1-2H3. The smallest absolute Gasteiger partial charge is 0.0550 e. The molecule has 4 heteroatoms. The van der Waals surface area contributed by atoms with Crippen LogP contribution in [0.1, 0.15) is 23.2 Å². The Morgan fingerprint density at radius 2 is 1.95 bits per heavy atom. The molecule has 0 unspecified atom stereocenters. The van der Waals surface area contributed by atoms with Gasteiger partial charge in [0, 0.05) is 24.4 Å². The summed E-state index contributed by atoms with van der Waals surface area (Å²) < 4.78 is 1.83. The molecule has 108 valence electrons. The minimum Gasteiger partial charge on any atom is -0.395 e. The van der Waals surface area contributed by atoms with Crippen LogP contribution in [0.3, 0.4) is 0 Å². The van der Waals surface area contributed by atoms with Crippen LogP contribution in [0.2, 0.25) is 0 Å². The first-order valence-electron chi connectivity index (χ1n) is 6.87. The fraction of sp³-hybridized carbons (Fsp3) is 0.438. The van der Waals surface area contributed by atoms with E-state index >= 15 is 0 Å². The lowest BCUT2D eigenvalue weighted by Crippen LogP contribution is -2.35. The minimum atomic E-state index is -0.601. The molecule has 0 amide bonds. The zero-order valence-electron chi connectivity index (χ0n) is 12.1. The quantitative estimate of drug-likeness (QED) is 0.841. The van der Waals surface area contributed by atoms with E-state index in [2.05, 4.69) is 5.10 Å². The number of aromatic nitrogens is 2. The highest BCUT2D eigenvalue weighted by Gasteiger charge is 2.31. The summed E-state index contributed by atoms with van der Waals surface area (Å²) >= 11 is 0. The lowest BCUT2D eigenvalue weighted by Gasteiger charge is -2.30. The number of rotatable bonds is 6. The number of hydrogen-bond acceptors (Lipinski definition) is 3. The van der Waals surface area contributed by atoms with Gasteiger partial charge in [0.1, 0.15) is 0 Å². The molecule has 0 saturated carbocycles. The Morgan fingerprint density at radius 3 is 2.50 bits per heavy atom. The van der Waals surface area contributed by atoms with Gasteiger partial charge in [0.2, 0.25) is 0 Å². The lowest BCUT2D eigenvalue weighted by atomic mass is 9.77. The fourth-order valence-corrected chi connectivity index (χ4v) is 2.52. The molecule has 0 radical (unpaired) electrons. The van der Waals surface area contributed by atoms with Gasteiger partial charge >= 0.3 is 0 Å². The van der Waals surface area contributed by atoms with E-state index in [-0.39, 0.29) is 13.2 Å². The van der Waals surface area contributed by atoms with Crippen LogP contribution in [0.15, 0.2) is 36.5 Å². The summed E-state index contributed by atoms with van der Waals surface area (Å²) in [6, 6.07) is 9.97. The third-order valence-corrected chi connectivity index (χ3v) is 4.02. The van der Waals surface area contributed by atoms with Crippen molar-refractivity contribution < 1.29 is 10.2 Å². The van der Waals surface area contributed by atoms with Gasteiger partial charge in [-0.1, -0.05) is 29.8 Å². The van der Waals surface area contributed by atoms with Gasteiger partial charge in [0.15, 0.2) is 0 Å². The molecule has 20 heavy (non-hydrogen) atoms. The third-order valence-electron chi connectivity index (χ3n) is 4.02. The minimum absolute atomic E-state index is 0.0647. The molecule has 0 aliphatic carbocycles. The largest absolute Gasteiger partial charge is 0.395 e. The van der Waals surface area contributed by atoms with Gasteiger partial charge in [0.05, 0.1) is 13.2 Å². The van der Waals surface area contributed by atoms with E-state index in [1.54, 1.807) is 6.20 Å². The van der Waals surface area contributed by atoms with Crippen molar-refractivity contribution >= 4 is 0 Å². The molecule has 0 fully saturated rings. The number of aliphatic hydroxyl groups excluding tert-OH is 2. The molecule has 1 aromatic carbocycles. The molecule has 2 N–H and O–H groups in total. The van der Waals surface area contributed by atoms with Crippen molar-refractivity contribution in [2.45, 2.75) is 25.2 Å². The number of benzene rings is 1. The van der Waals surface area contributed by atoms with Crippen LogP contribution in [0.5, 0.6) is 0 Å². The number of hydrogen-bond donors (Lipinski definition) is 2. The maximum atomic E-state index is 9.84. The van der Waals surface area contributed by atoms with Crippen molar-refractivity contribution in [3.8, 4) is 0 Å². The summed E-state index contributed by atoms with van der Waals surface area (Å²) in [6.07, 6.45) is 3.22. The second-order valence-electron chi connectivity index (χ2n) is 5.41. The highest BCUT2D eigenvalue weighted by Crippen LogP contribution is 2.29. The summed E-state index contributed by atoms with van der Waals surface area (Å²) in [6.45, 7) is 1.89. The Hall–Kier alpha value is -1.65. The predicted molar refractivity (Wildman–Crippen MR) is 78.6 cm³/mol. The summed E-state index contributed by atoms with van der Waals surface area (Å²) in [5.74, 6) is 0. The molecule has 0 spiro atoms. The molecule has 1 aromatic heterocycles. The Kier molecular flexibility index (Phi) is 4.57. The molecule has 0 atom stereocenters.